The van der Waals surface area contributed by atoms with Crippen molar-refractivity contribution in [2.45, 2.75) is 0 Å². The Kier molecular flexibility index (Phi) is 4.72. The number of carbonyl (C=O) groups excluding carboxylic acids is 1. The van der Waals surface area contributed by atoms with E-state index in [9.17, 15) is 4.79 Å². The molecule has 2 N–H and O–H groups in total. The van der Waals surface area contributed by atoms with Crippen molar-refractivity contribution in [3.05, 3.63) is 78.6 Å². The minimum absolute atomic E-state index is 0.259. The Hall–Kier alpha value is -3.34. The van der Waals surface area contributed by atoms with Gasteiger partial charge in [0, 0.05) is 17.6 Å². The summed E-state index contributed by atoms with van der Waals surface area (Å²) in [6, 6.07) is 20.4. The quantitative estimate of drug-likeness (QED) is 0.743. The van der Waals surface area contributed by atoms with Crippen LogP contribution in [0.2, 0.25) is 0 Å². The number of hydrogen-bond acceptors (Lipinski definition) is 4. The number of amides is 1. The van der Waals surface area contributed by atoms with Crippen LogP contribution < -0.4 is 15.4 Å². The number of hydrogen-bond donors (Lipinski definition) is 2. The fraction of sp³-hybridized carbons (Fsp3) is 0.0526. The lowest BCUT2D eigenvalue weighted by atomic mass is 10.2. The molecular formula is C19H17N3O2. The molecule has 0 aliphatic rings. The van der Waals surface area contributed by atoms with Crippen LogP contribution in [0.15, 0.2) is 72.9 Å². The lowest BCUT2D eigenvalue weighted by Crippen LogP contribution is -2.13. The van der Waals surface area contributed by atoms with Gasteiger partial charge in [-0.1, -0.05) is 30.3 Å². The van der Waals surface area contributed by atoms with Crippen LogP contribution in [0.5, 0.6) is 5.75 Å². The maximum atomic E-state index is 12.3. The Balaban J connectivity index is 1.78. The number of aromatic nitrogens is 1. The summed E-state index contributed by atoms with van der Waals surface area (Å²) in [6.45, 7) is 0. The normalized spacial score (nSPS) is 10.0. The molecule has 0 aliphatic heterocycles. The smallest absolute Gasteiger partial charge is 0.274 e. The highest BCUT2D eigenvalue weighted by Gasteiger charge is 2.09. The Bertz CT molecular complexity index is 835. The summed E-state index contributed by atoms with van der Waals surface area (Å²) in [4.78, 5) is 16.5. The molecule has 1 heterocycles. The number of methoxy groups -OCH3 is 1. The van der Waals surface area contributed by atoms with E-state index < -0.39 is 0 Å². The highest BCUT2D eigenvalue weighted by molar-refractivity contribution is 6.03. The van der Waals surface area contributed by atoms with E-state index in [1.54, 1.807) is 25.4 Å². The van der Waals surface area contributed by atoms with Gasteiger partial charge in [-0.15, -0.1) is 0 Å². The molecule has 0 saturated carbocycles. The average molecular weight is 319 g/mol. The molecule has 0 spiro atoms. The van der Waals surface area contributed by atoms with Crippen LogP contribution in [-0.2, 0) is 0 Å². The van der Waals surface area contributed by atoms with Gasteiger partial charge < -0.3 is 15.4 Å². The van der Waals surface area contributed by atoms with E-state index >= 15 is 0 Å². The molecule has 1 aromatic heterocycles. The number of anilines is 3. The van der Waals surface area contributed by atoms with Crippen LogP contribution >= 0.6 is 0 Å². The number of rotatable bonds is 5. The molecule has 2 aromatic carbocycles. The zero-order chi connectivity index (χ0) is 16.8. The molecular weight excluding hydrogens is 302 g/mol. The molecule has 0 unspecified atom stereocenters. The average Bonchev–Trinajstić information content (AvgIpc) is 2.63. The van der Waals surface area contributed by atoms with E-state index in [1.165, 1.54) is 0 Å². The lowest BCUT2D eigenvalue weighted by Gasteiger charge is -2.11. The highest BCUT2D eigenvalue weighted by Crippen LogP contribution is 2.27. The minimum atomic E-state index is -0.259. The Morgan fingerprint density at radius 1 is 0.958 bits per heavy atom. The summed E-state index contributed by atoms with van der Waals surface area (Å²) in [5, 5.41) is 6.06. The van der Waals surface area contributed by atoms with Crippen LogP contribution in [0.1, 0.15) is 10.5 Å². The van der Waals surface area contributed by atoms with Crippen molar-refractivity contribution in [3.63, 3.8) is 0 Å². The molecule has 0 aliphatic carbocycles. The van der Waals surface area contributed by atoms with Gasteiger partial charge in [0.25, 0.3) is 5.91 Å². The van der Waals surface area contributed by atoms with Gasteiger partial charge in [-0.05, 0) is 36.4 Å². The van der Waals surface area contributed by atoms with E-state index in [-0.39, 0.29) is 5.91 Å². The van der Waals surface area contributed by atoms with Crippen molar-refractivity contribution >= 4 is 23.0 Å². The number of ether oxygens (including phenoxy) is 1. The third-order valence-corrected chi connectivity index (χ3v) is 3.41. The summed E-state index contributed by atoms with van der Waals surface area (Å²) >= 11 is 0. The predicted octanol–water partition coefficient (Wildman–Crippen LogP) is 4.09. The van der Waals surface area contributed by atoms with Gasteiger partial charge in [0.2, 0.25) is 0 Å². The number of pyridine rings is 1. The summed E-state index contributed by atoms with van der Waals surface area (Å²) in [7, 11) is 1.62. The van der Waals surface area contributed by atoms with Gasteiger partial charge in [-0.2, -0.15) is 0 Å². The first kappa shape index (κ1) is 15.6. The molecule has 0 radical (unpaired) electrons. The number of nitrogens with zero attached hydrogens (tertiary/aromatic N) is 1. The predicted molar refractivity (Wildman–Crippen MR) is 94.9 cm³/mol. The number of para-hydroxylation sites is 3. The molecule has 120 valence electrons. The van der Waals surface area contributed by atoms with Crippen molar-refractivity contribution in [1.82, 2.24) is 4.98 Å². The standard InChI is InChI=1S/C19H17N3O2/c1-24-18-10-6-5-9-16(18)21-15-11-12-20-17(13-15)19(23)22-14-7-3-2-4-8-14/h2-13H,1H3,(H,20,21)(H,22,23). The maximum Gasteiger partial charge on any atom is 0.274 e. The summed E-state index contributed by atoms with van der Waals surface area (Å²) in [5.41, 5.74) is 2.64. The van der Waals surface area contributed by atoms with Crippen molar-refractivity contribution in [2.75, 3.05) is 17.7 Å². The molecule has 3 aromatic rings. The number of carbonyl (C=O) groups is 1. The summed E-state index contributed by atoms with van der Waals surface area (Å²) in [6.07, 6.45) is 1.59. The third kappa shape index (κ3) is 3.70. The Morgan fingerprint density at radius 2 is 1.71 bits per heavy atom. The minimum Gasteiger partial charge on any atom is -0.495 e. The van der Waals surface area contributed by atoms with E-state index in [0.29, 0.717) is 5.69 Å². The van der Waals surface area contributed by atoms with E-state index in [1.807, 2.05) is 54.6 Å². The van der Waals surface area contributed by atoms with Gasteiger partial charge in [0.15, 0.2) is 0 Å². The first-order valence-electron chi connectivity index (χ1n) is 7.49. The number of benzene rings is 2. The fourth-order valence-electron chi connectivity index (χ4n) is 2.25. The highest BCUT2D eigenvalue weighted by atomic mass is 16.5. The van der Waals surface area contributed by atoms with E-state index in [0.717, 1.165) is 22.8 Å². The van der Waals surface area contributed by atoms with Crippen LogP contribution in [0.3, 0.4) is 0 Å². The van der Waals surface area contributed by atoms with Gasteiger partial charge in [0.05, 0.1) is 12.8 Å². The Morgan fingerprint density at radius 3 is 2.50 bits per heavy atom. The third-order valence-electron chi connectivity index (χ3n) is 3.41. The molecule has 0 atom stereocenters. The first-order chi connectivity index (χ1) is 11.8. The van der Waals surface area contributed by atoms with E-state index in [2.05, 4.69) is 15.6 Å². The van der Waals surface area contributed by atoms with Gasteiger partial charge in [-0.25, -0.2) is 0 Å². The summed E-state index contributed by atoms with van der Waals surface area (Å²) in [5.74, 6) is 0.467. The second-order valence-corrected chi connectivity index (χ2v) is 5.08. The molecule has 0 bridgehead atoms. The lowest BCUT2D eigenvalue weighted by molar-refractivity contribution is 0.102. The zero-order valence-corrected chi connectivity index (χ0v) is 13.2. The zero-order valence-electron chi connectivity index (χ0n) is 13.2. The van der Waals surface area contributed by atoms with Crippen LogP contribution in [-0.4, -0.2) is 18.0 Å². The van der Waals surface area contributed by atoms with Gasteiger partial charge >= 0.3 is 0 Å². The fourth-order valence-corrected chi connectivity index (χ4v) is 2.25. The van der Waals surface area contributed by atoms with Crippen molar-refractivity contribution < 1.29 is 9.53 Å². The monoisotopic (exact) mass is 319 g/mol. The van der Waals surface area contributed by atoms with Gasteiger partial charge in [-0.3, -0.25) is 9.78 Å². The second kappa shape index (κ2) is 7.28. The van der Waals surface area contributed by atoms with Crippen LogP contribution in [0.4, 0.5) is 17.1 Å². The number of nitrogens with one attached hydrogen (secondary N) is 2. The molecule has 5 heteroatoms. The summed E-state index contributed by atoms with van der Waals surface area (Å²) < 4.78 is 5.32. The molecule has 1 amide bonds. The van der Waals surface area contributed by atoms with Crippen molar-refractivity contribution in [1.29, 1.82) is 0 Å². The van der Waals surface area contributed by atoms with Crippen LogP contribution in [0.25, 0.3) is 0 Å². The van der Waals surface area contributed by atoms with E-state index in [4.69, 9.17) is 4.74 Å². The molecule has 0 fully saturated rings. The first-order valence-corrected chi connectivity index (χ1v) is 7.49. The maximum absolute atomic E-state index is 12.3. The van der Waals surface area contributed by atoms with Crippen LogP contribution in [0, 0.1) is 0 Å². The molecule has 5 nitrogen and oxygen atoms in total. The molecule has 24 heavy (non-hydrogen) atoms. The van der Waals surface area contributed by atoms with Gasteiger partial charge in [0.1, 0.15) is 11.4 Å². The molecule has 0 saturated heterocycles. The Labute approximate surface area is 140 Å². The molecule has 3 rings (SSSR count). The topological polar surface area (TPSA) is 63.2 Å². The van der Waals surface area contributed by atoms with Crippen molar-refractivity contribution in [3.8, 4) is 5.75 Å². The second-order valence-electron chi connectivity index (χ2n) is 5.08. The largest absolute Gasteiger partial charge is 0.495 e. The SMILES string of the molecule is COc1ccccc1Nc1ccnc(C(=O)Nc2ccccc2)c1. The van der Waals surface area contributed by atoms with Crippen molar-refractivity contribution in [2.24, 2.45) is 0 Å².